The molecule has 10 heteroatoms. The summed E-state index contributed by atoms with van der Waals surface area (Å²) < 4.78 is 82.5. The second kappa shape index (κ2) is 5.78. The molecule has 0 aliphatic carbocycles. The molecule has 0 fully saturated rings. The number of nitro benzene ring substituents is 1. The second-order valence-corrected chi connectivity index (χ2v) is 4.21. The van der Waals surface area contributed by atoms with Crippen LogP contribution in [0, 0.1) is 27.6 Å². The molecule has 0 atom stereocenters. The number of alkyl halides is 3. The van der Waals surface area contributed by atoms with Crippen LogP contribution in [-0.4, -0.2) is 4.92 Å². The highest BCUT2D eigenvalue weighted by atomic mass is 19.4. The molecule has 122 valence electrons. The molecule has 0 saturated carbocycles. The Labute approximate surface area is 124 Å². The van der Waals surface area contributed by atoms with Gasteiger partial charge in [-0.25, -0.2) is 8.78 Å². The fourth-order valence-corrected chi connectivity index (χ4v) is 1.69. The molecule has 0 heterocycles. The van der Waals surface area contributed by atoms with Gasteiger partial charge in [-0.05, 0) is 24.3 Å². The monoisotopic (exact) mass is 337 g/mol. The van der Waals surface area contributed by atoms with E-state index >= 15 is 0 Å². The van der Waals surface area contributed by atoms with Crippen LogP contribution in [0.4, 0.5) is 32.0 Å². The Morgan fingerprint density at radius 2 is 1.57 bits per heavy atom. The summed E-state index contributed by atoms with van der Waals surface area (Å²) in [5, 5.41) is 10.7. The van der Waals surface area contributed by atoms with Crippen molar-refractivity contribution in [2.24, 2.45) is 0 Å². The van der Waals surface area contributed by atoms with Crippen LogP contribution in [0.3, 0.4) is 0 Å². The van der Waals surface area contributed by atoms with Gasteiger partial charge in [-0.3, -0.25) is 10.1 Å². The van der Waals surface area contributed by atoms with Crippen molar-refractivity contribution in [1.29, 1.82) is 0 Å². The number of hydrogen-bond acceptors (Lipinski definition) is 3. The molecule has 0 spiro atoms. The fourth-order valence-electron chi connectivity index (χ4n) is 1.69. The van der Waals surface area contributed by atoms with Crippen LogP contribution in [0.1, 0.15) is 5.56 Å². The van der Waals surface area contributed by atoms with Gasteiger partial charge in [0.2, 0.25) is 11.6 Å². The molecule has 2 aromatic carbocycles. The first-order valence-corrected chi connectivity index (χ1v) is 5.78. The SMILES string of the molecule is O=[N+]([O-])c1c(F)cccc1Oc1c(F)cc(C(F)(F)F)cc1F. The first-order valence-electron chi connectivity index (χ1n) is 5.78. The third-order valence-corrected chi connectivity index (χ3v) is 2.67. The van der Waals surface area contributed by atoms with Gasteiger partial charge in [0.1, 0.15) is 0 Å². The minimum absolute atomic E-state index is 0.0382. The molecular weight excluding hydrogens is 332 g/mol. The molecule has 0 radical (unpaired) electrons. The van der Waals surface area contributed by atoms with Gasteiger partial charge < -0.3 is 4.74 Å². The normalized spacial score (nSPS) is 11.4. The maximum atomic E-state index is 13.6. The predicted molar refractivity (Wildman–Crippen MR) is 64.5 cm³/mol. The van der Waals surface area contributed by atoms with E-state index in [4.69, 9.17) is 0 Å². The zero-order valence-corrected chi connectivity index (χ0v) is 10.8. The third kappa shape index (κ3) is 3.35. The Morgan fingerprint density at radius 3 is 2.04 bits per heavy atom. The molecular formula is C13H5F6NO3. The van der Waals surface area contributed by atoms with Crippen LogP contribution in [0.25, 0.3) is 0 Å². The van der Waals surface area contributed by atoms with Crippen LogP contribution < -0.4 is 4.74 Å². The van der Waals surface area contributed by atoms with Crippen molar-refractivity contribution in [2.75, 3.05) is 0 Å². The van der Waals surface area contributed by atoms with Crippen molar-refractivity contribution in [3.63, 3.8) is 0 Å². The zero-order chi connectivity index (χ0) is 17.4. The first-order chi connectivity index (χ1) is 10.6. The van der Waals surface area contributed by atoms with Gasteiger partial charge in [-0.1, -0.05) is 6.07 Å². The molecule has 4 nitrogen and oxygen atoms in total. The number of rotatable bonds is 3. The van der Waals surface area contributed by atoms with E-state index in [0.717, 1.165) is 12.1 Å². The molecule has 0 N–H and O–H groups in total. The summed E-state index contributed by atoms with van der Waals surface area (Å²) in [4.78, 5) is 9.55. The molecule has 0 amide bonds. The Bertz CT molecular complexity index is 752. The highest BCUT2D eigenvalue weighted by Crippen LogP contribution is 2.38. The van der Waals surface area contributed by atoms with E-state index in [-0.39, 0.29) is 12.1 Å². The molecule has 0 aliphatic heterocycles. The molecule has 0 aliphatic rings. The minimum atomic E-state index is -4.99. The molecule has 0 bridgehead atoms. The Hall–Kier alpha value is -2.78. The summed E-state index contributed by atoms with van der Waals surface area (Å²) in [5.74, 6) is -6.98. The molecule has 2 aromatic rings. The van der Waals surface area contributed by atoms with Crippen molar-refractivity contribution in [3.8, 4) is 11.5 Å². The molecule has 0 unspecified atom stereocenters. The number of benzene rings is 2. The quantitative estimate of drug-likeness (QED) is 0.458. The Balaban J connectivity index is 2.51. The fraction of sp³-hybridized carbons (Fsp3) is 0.0769. The first kappa shape index (κ1) is 16.6. The van der Waals surface area contributed by atoms with E-state index in [1.54, 1.807) is 0 Å². The third-order valence-electron chi connectivity index (χ3n) is 2.67. The summed E-state index contributed by atoms with van der Waals surface area (Å²) in [5.41, 5.74) is -2.81. The van der Waals surface area contributed by atoms with Gasteiger partial charge in [0.05, 0.1) is 10.5 Å². The summed E-state index contributed by atoms with van der Waals surface area (Å²) in [6, 6.07) is 2.45. The largest absolute Gasteiger partial charge is 0.444 e. The predicted octanol–water partition coefficient (Wildman–Crippen LogP) is 4.82. The number of nitrogens with zero attached hydrogens (tertiary/aromatic N) is 1. The average Bonchev–Trinajstić information content (AvgIpc) is 2.41. The maximum absolute atomic E-state index is 13.6. The molecule has 0 saturated heterocycles. The van der Waals surface area contributed by atoms with Crippen molar-refractivity contribution in [1.82, 2.24) is 0 Å². The van der Waals surface area contributed by atoms with Crippen LogP contribution in [0.15, 0.2) is 30.3 Å². The summed E-state index contributed by atoms with van der Waals surface area (Å²) in [7, 11) is 0. The average molecular weight is 337 g/mol. The second-order valence-electron chi connectivity index (χ2n) is 4.21. The molecule has 23 heavy (non-hydrogen) atoms. The Kier molecular flexibility index (Phi) is 4.17. The van der Waals surface area contributed by atoms with E-state index in [0.29, 0.717) is 6.07 Å². The lowest BCUT2D eigenvalue weighted by molar-refractivity contribution is -0.388. The summed E-state index contributed by atoms with van der Waals surface area (Å²) in [6.45, 7) is 0. The van der Waals surface area contributed by atoms with Crippen molar-refractivity contribution in [2.45, 2.75) is 6.18 Å². The number of nitro groups is 1. The summed E-state index contributed by atoms with van der Waals surface area (Å²) in [6.07, 6.45) is -4.99. The van der Waals surface area contributed by atoms with Gasteiger partial charge in [-0.2, -0.15) is 17.6 Å². The standard InChI is InChI=1S/C13H5F6NO3/c14-7-2-1-3-10(11(7)20(21)22)23-12-8(15)4-6(5-9(12)16)13(17,18)19/h1-5H. The van der Waals surface area contributed by atoms with E-state index in [9.17, 15) is 36.5 Å². The molecule has 0 aromatic heterocycles. The highest BCUT2D eigenvalue weighted by molar-refractivity contribution is 5.50. The van der Waals surface area contributed by atoms with Crippen molar-refractivity contribution < 1.29 is 36.0 Å². The lowest BCUT2D eigenvalue weighted by Crippen LogP contribution is -2.07. The van der Waals surface area contributed by atoms with Gasteiger partial charge in [0, 0.05) is 0 Å². The van der Waals surface area contributed by atoms with Crippen LogP contribution in [0.5, 0.6) is 11.5 Å². The van der Waals surface area contributed by atoms with Crippen LogP contribution in [-0.2, 0) is 6.18 Å². The Morgan fingerprint density at radius 1 is 1.00 bits per heavy atom. The number of para-hydroxylation sites is 1. The highest BCUT2D eigenvalue weighted by Gasteiger charge is 2.33. The van der Waals surface area contributed by atoms with Crippen molar-refractivity contribution >= 4 is 5.69 Å². The minimum Gasteiger partial charge on any atom is -0.444 e. The van der Waals surface area contributed by atoms with E-state index in [1.807, 2.05) is 0 Å². The van der Waals surface area contributed by atoms with Gasteiger partial charge in [0.25, 0.3) is 0 Å². The lowest BCUT2D eigenvalue weighted by Gasteiger charge is -2.11. The molecule has 2 rings (SSSR count). The summed E-state index contributed by atoms with van der Waals surface area (Å²) >= 11 is 0. The van der Waals surface area contributed by atoms with E-state index in [1.165, 1.54) is 0 Å². The topological polar surface area (TPSA) is 52.4 Å². The van der Waals surface area contributed by atoms with E-state index in [2.05, 4.69) is 4.74 Å². The maximum Gasteiger partial charge on any atom is 0.416 e. The number of ether oxygens (including phenoxy) is 1. The van der Waals surface area contributed by atoms with Crippen molar-refractivity contribution in [3.05, 3.63) is 63.5 Å². The van der Waals surface area contributed by atoms with E-state index < -0.39 is 51.3 Å². The number of halogens is 6. The van der Waals surface area contributed by atoms with Gasteiger partial charge in [0.15, 0.2) is 17.4 Å². The van der Waals surface area contributed by atoms with Crippen LogP contribution in [0.2, 0.25) is 0 Å². The lowest BCUT2D eigenvalue weighted by atomic mass is 10.2. The zero-order valence-electron chi connectivity index (χ0n) is 10.8. The van der Waals surface area contributed by atoms with Crippen LogP contribution >= 0.6 is 0 Å². The van der Waals surface area contributed by atoms with Gasteiger partial charge in [-0.15, -0.1) is 0 Å². The number of hydrogen-bond donors (Lipinski definition) is 0. The van der Waals surface area contributed by atoms with Gasteiger partial charge >= 0.3 is 11.9 Å². The smallest absolute Gasteiger partial charge is 0.416 e.